The van der Waals surface area contributed by atoms with Gasteiger partial charge >= 0.3 is 0 Å². The maximum atomic E-state index is 5.94. The Balaban J connectivity index is 2.25. The van der Waals surface area contributed by atoms with Crippen LogP contribution in [0.4, 0.5) is 0 Å². The van der Waals surface area contributed by atoms with Crippen LogP contribution in [0.25, 0.3) is 0 Å². The van der Waals surface area contributed by atoms with Gasteiger partial charge in [0.25, 0.3) is 0 Å². The highest BCUT2D eigenvalue weighted by Gasteiger charge is 2.16. The molecule has 0 bridgehead atoms. The first kappa shape index (κ1) is 13.1. The van der Waals surface area contributed by atoms with Crippen molar-refractivity contribution in [2.24, 2.45) is 5.73 Å². The van der Waals surface area contributed by atoms with Gasteiger partial charge < -0.3 is 10.5 Å². The summed E-state index contributed by atoms with van der Waals surface area (Å²) in [5.41, 5.74) is 8.50. The number of nitrogens with two attached hydrogens (primary N) is 1. The first-order chi connectivity index (χ1) is 8.76. The van der Waals surface area contributed by atoms with Gasteiger partial charge in [-0.1, -0.05) is 18.2 Å². The highest BCUT2D eigenvalue weighted by atomic mass is 32.1. The molecule has 2 N–H and O–H groups in total. The molecule has 0 aliphatic rings. The van der Waals surface area contributed by atoms with Crippen molar-refractivity contribution >= 4 is 11.3 Å². The van der Waals surface area contributed by atoms with Gasteiger partial charge in [0.15, 0.2) is 0 Å². The number of thiophene rings is 1. The number of benzene rings is 1. The monoisotopic (exact) mass is 261 g/mol. The number of para-hydroxylation sites is 1. The normalized spacial score (nSPS) is 12.4. The molecule has 0 fully saturated rings. The Morgan fingerprint density at radius 1 is 1.28 bits per heavy atom. The molecular weight excluding hydrogens is 242 g/mol. The molecule has 1 aromatic carbocycles. The van der Waals surface area contributed by atoms with Gasteiger partial charge in [-0.05, 0) is 48.5 Å². The molecule has 18 heavy (non-hydrogen) atoms. The SMILES string of the molecule is COc1ccccc1C(CN)Cc1sccc1C. The van der Waals surface area contributed by atoms with Crippen molar-refractivity contribution in [1.82, 2.24) is 0 Å². The topological polar surface area (TPSA) is 35.2 Å². The van der Waals surface area contributed by atoms with Gasteiger partial charge in [0.1, 0.15) is 5.75 Å². The molecule has 2 nitrogen and oxygen atoms in total. The van der Waals surface area contributed by atoms with E-state index in [0.717, 1.165) is 12.2 Å². The number of aryl methyl sites for hydroxylation is 1. The average molecular weight is 261 g/mol. The molecule has 2 aromatic rings. The van der Waals surface area contributed by atoms with Gasteiger partial charge in [0.05, 0.1) is 7.11 Å². The Morgan fingerprint density at radius 3 is 2.67 bits per heavy atom. The van der Waals surface area contributed by atoms with Crippen LogP contribution in [0.5, 0.6) is 5.75 Å². The highest BCUT2D eigenvalue weighted by molar-refractivity contribution is 7.10. The van der Waals surface area contributed by atoms with Crippen LogP contribution in [-0.2, 0) is 6.42 Å². The summed E-state index contributed by atoms with van der Waals surface area (Å²) < 4.78 is 5.43. The standard InChI is InChI=1S/C15H19NOS/c1-11-7-8-18-15(11)9-12(10-16)13-5-3-4-6-14(13)17-2/h3-8,12H,9-10,16H2,1-2H3. The van der Waals surface area contributed by atoms with Crippen molar-refractivity contribution < 1.29 is 4.74 Å². The van der Waals surface area contributed by atoms with Crippen molar-refractivity contribution in [3.63, 3.8) is 0 Å². The molecule has 2 rings (SSSR count). The largest absolute Gasteiger partial charge is 0.496 e. The lowest BCUT2D eigenvalue weighted by molar-refractivity contribution is 0.405. The fourth-order valence-corrected chi connectivity index (χ4v) is 3.15. The van der Waals surface area contributed by atoms with E-state index in [2.05, 4.69) is 24.4 Å². The van der Waals surface area contributed by atoms with E-state index >= 15 is 0 Å². The molecule has 0 aliphatic heterocycles. The van der Waals surface area contributed by atoms with E-state index in [9.17, 15) is 0 Å². The molecule has 1 unspecified atom stereocenters. The second kappa shape index (κ2) is 6.03. The number of hydrogen-bond donors (Lipinski definition) is 1. The lowest BCUT2D eigenvalue weighted by atomic mass is 9.93. The summed E-state index contributed by atoms with van der Waals surface area (Å²) in [4.78, 5) is 1.41. The molecular formula is C15H19NOS. The summed E-state index contributed by atoms with van der Waals surface area (Å²) in [6, 6.07) is 10.3. The maximum absolute atomic E-state index is 5.94. The molecule has 1 heterocycles. The molecule has 0 amide bonds. The van der Waals surface area contributed by atoms with E-state index < -0.39 is 0 Å². The summed E-state index contributed by atoms with van der Waals surface area (Å²) in [5.74, 6) is 1.25. The summed E-state index contributed by atoms with van der Waals surface area (Å²) >= 11 is 1.80. The zero-order chi connectivity index (χ0) is 13.0. The van der Waals surface area contributed by atoms with Gasteiger partial charge in [-0.3, -0.25) is 0 Å². The number of rotatable bonds is 5. The van der Waals surface area contributed by atoms with Crippen LogP contribution < -0.4 is 10.5 Å². The summed E-state index contributed by atoms with van der Waals surface area (Å²) in [7, 11) is 1.71. The zero-order valence-electron chi connectivity index (χ0n) is 10.8. The van der Waals surface area contributed by atoms with E-state index in [0.29, 0.717) is 12.5 Å². The van der Waals surface area contributed by atoms with Gasteiger partial charge in [-0.2, -0.15) is 0 Å². The summed E-state index contributed by atoms with van der Waals surface area (Å²) in [6.45, 7) is 2.79. The van der Waals surface area contributed by atoms with Crippen LogP contribution in [0.15, 0.2) is 35.7 Å². The first-order valence-corrected chi connectivity index (χ1v) is 7.00. The van der Waals surface area contributed by atoms with Crippen LogP contribution in [0, 0.1) is 6.92 Å². The molecule has 0 spiro atoms. The van der Waals surface area contributed by atoms with Crippen molar-refractivity contribution in [1.29, 1.82) is 0 Å². The Labute approximate surface area is 112 Å². The Morgan fingerprint density at radius 2 is 2.06 bits per heavy atom. The Kier molecular flexibility index (Phi) is 4.39. The van der Waals surface area contributed by atoms with Crippen LogP contribution in [-0.4, -0.2) is 13.7 Å². The van der Waals surface area contributed by atoms with Crippen molar-refractivity contribution in [2.75, 3.05) is 13.7 Å². The van der Waals surface area contributed by atoms with E-state index in [4.69, 9.17) is 10.5 Å². The minimum Gasteiger partial charge on any atom is -0.496 e. The molecule has 3 heteroatoms. The van der Waals surface area contributed by atoms with Gasteiger partial charge in [-0.15, -0.1) is 11.3 Å². The predicted octanol–water partition coefficient (Wildman–Crippen LogP) is 3.35. The molecule has 96 valence electrons. The Hall–Kier alpha value is -1.32. The second-order valence-corrected chi connectivity index (χ2v) is 5.41. The minimum absolute atomic E-state index is 0.318. The molecule has 0 radical (unpaired) electrons. The van der Waals surface area contributed by atoms with Crippen molar-refractivity contribution in [2.45, 2.75) is 19.3 Å². The molecule has 0 saturated heterocycles. The molecule has 0 saturated carbocycles. The lowest BCUT2D eigenvalue weighted by Gasteiger charge is -2.18. The maximum Gasteiger partial charge on any atom is 0.122 e. The highest BCUT2D eigenvalue weighted by Crippen LogP contribution is 2.30. The fourth-order valence-electron chi connectivity index (χ4n) is 2.16. The van der Waals surface area contributed by atoms with Gasteiger partial charge in [-0.25, -0.2) is 0 Å². The summed E-state index contributed by atoms with van der Waals surface area (Å²) in [5, 5.41) is 2.14. The van der Waals surface area contributed by atoms with E-state index in [1.165, 1.54) is 16.0 Å². The zero-order valence-corrected chi connectivity index (χ0v) is 11.7. The van der Waals surface area contributed by atoms with E-state index in [1.807, 2.05) is 18.2 Å². The predicted molar refractivity (Wildman–Crippen MR) is 77.5 cm³/mol. The fraction of sp³-hybridized carbons (Fsp3) is 0.333. The number of hydrogen-bond acceptors (Lipinski definition) is 3. The van der Waals surface area contributed by atoms with Crippen LogP contribution in [0.1, 0.15) is 21.9 Å². The quantitative estimate of drug-likeness (QED) is 0.896. The summed E-state index contributed by atoms with van der Waals surface area (Å²) in [6.07, 6.45) is 0.986. The van der Waals surface area contributed by atoms with E-state index in [1.54, 1.807) is 18.4 Å². The number of ether oxygens (including phenoxy) is 1. The smallest absolute Gasteiger partial charge is 0.122 e. The third-order valence-electron chi connectivity index (χ3n) is 3.26. The van der Waals surface area contributed by atoms with Crippen LogP contribution in [0.2, 0.25) is 0 Å². The van der Waals surface area contributed by atoms with Gasteiger partial charge in [0.2, 0.25) is 0 Å². The minimum atomic E-state index is 0.318. The average Bonchev–Trinajstić information content (AvgIpc) is 2.81. The molecule has 0 aliphatic carbocycles. The third kappa shape index (κ3) is 2.74. The second-order valence-electron chi connectivity index (χ2n) is 4.41. The third-order valence-corrected chi connectivity index (χ3v) is 4.31. The Bertz CT molecular complexity index is 507. The van der Waals surface area contributed by atoms with Gasteiger partial charge in [0, 0.05) is 10.8 Å². The number of methoxy groups -OCH3 is 1. The molecule has 1 atom stereocenters. The van der Waals surface area contributed by atoms with E-state index in [-0.39, 0.29) is 0 Å². The lowest BCUT2D eigenvalue weighted by Crippen LogP contribution is -2.15. The van der Waals surface area contributed by atoms with Crippen LogP contribution in [0.3, 0.4) is 0 Å². The first-order valence-electron chi connectivity index (χ1n) is 6.12. The van der Waals surface area contributed by atoms with Crippen LogP contribution >= 0.6 is 11.3 Å². The van der Waals surface area contributed by atoms with Crippen molar-refractivity contribution in [3.05, 3.63) is 51.7 Å². The van der Waals surface area contributed by atoms with Crippen molar-refractivity contribution in [3.8, 4) is 5.75 Å². The molecule has 1 aromatic heterocycles.